The summed E-state index contributed by atoms with van der Waals surface area (Å²) in [5, 5.41) is 3.20. The lowest BCUT2D eigenvalue weighted by molar-refractivity contribution is 0.1000. The average molecular weight is 376 g/mol. The van der Waals surface area contributed by atoms with Gasteiger partial charge in [-0.2, -0.15) is 4.31 Å². The van der Waals surface area contributed by atoms with E-state index in [4.69, 9.17) is 5.73 Å². The number of amides is 1. The van der Waals surface area contributed by atoms with Crippen molar-refractivity contribution in [3.8, 4) is 0 Å². The van der Waals surface area contributed by atoms with Crippen LogP contribution in [0.4, 0.5) is 0 Å². The van der Waals surface area contributed by atoms with Gasteiger partial charge in [0.15, 0.2) is 0 Å². The lowest BCUT2D eigenvalue weighted by Crippen LogP contribution is -2.43. The zero-order valence-corrected chi connectivity index (χ0v) is 14.1. The largest absolute Gasteiger partial charge is 0.366 e. The molecule has 1 heterocycles. The Kier molecular flexibility index (Phi) is 5.03. The number of halogens is 1. The maximum absolute atomic E-state index is 12.7. The van der Waals surface area contributed by atoms with E-state index in [9.17, 15) is 13.2 Å². The summed E-state index contributed by atoms with van der Waals surface area (Å²) in [6.45, 7) is 1.60. The topological polar surface area (TPSA) is 92.5 Å². The standard InChI is InChI=1S/C13H18BrN3O3S/c1-17(11-2-4-16-5-3-11)21(19,20)12-7-9(13(15)18)6-10(14)8-12/h6-8,11,16H,2-5H2,1H3,(H2,15,18). The van der Waals surface area contributed by atoms with Crippen LogP contribution in [0.2, 0.25) is 0 Å². The highest BCUT2D eigenvalue weighted by atomic mass is 79.9. The molecule has 0 bridgehead atoms. The number of piperidine rings is 1. The highest BCUT2D eigenvalue weighted by molar-refractivity contribution is 9.10. The summed E-state index contributed by atoms with van der Waals surface area (Å²) >= 11 is 3.22. The summed E-state index contributed by atoms with van der Waals surface area (Å²) in [4.78, 5) is 11.4. The summed E-state index contributed by atoms with van der Waals surface area (Å²) in [5.74, 6) is -0.655. The summed E-state index contributed by atoms with van der Waals surface area (Å²) < 4.78 is 27.3. The van der Waals surface area contributed by atoms with Gasteiger partial charge in [0.1, 0.15) is 0 Å². The van der Waals surface area contributed by atoms with Crippen LogP contribution in [0.15, 0.2) is 27.6 Å². The Morgan fingerprint density at radius 3 is 2.52 bits per heavy atom. The zero-order valence-electron chi connectivity index (χ0n) is 11.7. The van der Waals surface area contributed by atoms with Crippen molar-refractivity contribution in [1.82, 2.24) is 9.62 Å². The van der Waals surface area contributed by atoms with Gasteiger partial charge in [0.05, 0.1) is 4.90 Å². The summed E-state index contributed by atoms with van der Waals surface area (Å²) in [5.41, 5.74) is 5.41. The van der Waals surface area contributed by atoms with Crippen LogP contribution in [0.3, 0.4) is 0 Å². The minimum atomic E-state index is -3.65. The number of nitrogens with one attached hydrogen (secondary N) is 1. The Morgan fingerprint density at radius 1 is 1.33 bits per heavy atom. The van der Waals surface area contributed by atoms with Crippen LogP contribution in [0.25, 0.3) is 0 Å². The van der Waals surface area contributed by atoms with E-state index in [2.05, 4.69) is 21.2 Å². The van der Waals surface area contributed by atoms with Gasteiger partial charge >= 0.3 is 0 Å². The monoisotopic (exact) mass is 375 g/mol. The Hall–Kier alpha value is -0.960. The maximum atomic E-state index is 12.7. The first-order valence-electron chi connectivity index (χ1n) is 6.61. The zero-order chi connectivity index (χ0) is 15.6. The number of rotatable bonds is 4. The van der Waals surface area contributed by atoms with E-state index in [1.807, 2.05) is 0 Å². The predicted molar refractivity (Wildman–Crippen MR) is 83.5 cm³/mol. The molecule has 1 aromatic carbocycles. The minimum Gasteiger partial charge on any atom is -0.366 e. The molecule has 0 radical (unpaired) electrons. The molecular weight excluding hydrogens is 358 g/mol. The van der Waals surface area contributed by atoms with E-state index >= 15 is 0 Å². The van der Waals surface area contributed by atoms with Crippen LogP contribution in [-0.2, 0) is 10.0 Å². The van der Waals surface area contributed by atoms with Crippen LogP contribution in [0.1, 0.15) is 23.2 Å². The molecule has 1 fully saturated rings. The molecule has 116 valence electrons. The van der Waals surface area contributed by atoms with E-state index in [-0.39, 0.29) is 16.5 Å². The Labute approximate surface area is 132 Å². The lowest BCUT2D eigenvalue weighted by atomic mass is 10.1. The molecule has 1 aliphatic rings. The minimum absolute atomic E-state index is 0.0349. The smallest absolute Gasteiger partial charge is 0.248 e. The summed E-state index contributed by atoms with van der Waals surface area (Å²) in [6.07, 6.45) is 1.54. The molecular formula is C13H18BrN3O3S. The van der Waals surface area contributed by atoms with Crippen molar-refractivity contribution < 1.29 is 13.2 Å². The molecule has 1 aromatic rings. The van der Waals surface area contributed by atoms with Gasteiger partial charge in [0.2, 0.25) is 15.9 Å². The molecule has 0 atom stereocenters. The van der Waals surface area contributed by atoms with Crippen molar-refractivity contribution >= 4 is 31.9 Å². The third-order valence-electron chi connectivity index (χ3n) is 3.66. The lowest BCUT2D eigenvalue weighted by Gasteiger charge is -2.30. The van der Waals surface area contributed by atoms with Gasteiger partial charge in [-0.1, -0.05) is 15.9 Å². The number of carbonyl (C=O) groups is 1. The Balaban J connectivity index is 2.36. The number of nitrogens with zero attached hydrogens (tertiary/aromatic N) is 1. The fourth-order valence-corrected chi connectivity index (χ4v) is 4.52. The highest BCUT2D eigenvalue weighted by Gasteiger charge is 2.29. The van der Waals surface area contributed by atoms with Crippen molar-refractivity contribution in [3.63, 3.8) is 0 Å². The van der Waals surface area contributed by atoms with Crippen LogP contribution in [0, 0.1) is 0 Å². The molecule has 6 nitrogen and oxygen atoms in total. The Bertz CT molecular complexity index is 642. The molecule has 0 saturated carbocycles. The first-order valence-corrected chi connectivity index (χ1v) is 8.85. The average Bonchev–Trinajstić information content (AvgIpc) is 2.46. The summed E-state index contributed by atoms with van der Waals surface area (Å²) in [7, 11) is -2.07. The van der Waals surface area contributed by atoms with Crippen LogP contribution in [-0.4, -0.2) is 44.8 Å². The second kappa shape index (κ2) is 6.43. The SMILES string of the molecule is CN(C1CCNCC1)S(=O)(=O)c1cc(Br)cc(C(N)=O)c1. The molecule has 1 aliphatic heterocycles. The van der Waals surface area contributed by atoms with E-state index in [1.54, 1.807) is 7.05 Å². The summed E-state index contributed by atoms with van der Waals surface area (Å²) in [6, 6.07) is 4.28. The Morgan fingerprint density at radius 2 is 1.95 bits per heavy atom. The quantitative estimate of drug-likeness (QED) is 0.818. The first kappa shape index (κ1) is 16.4. The van der Waals surface area contributed by atoms with E-state index < -0.39 is 15.9 Å². The third kappa shape index (κ3) is 3.63. The molecule has 3 N–H and O–H groups in total. The molecule has 1 saturated heterocycles. The van der Waals surface area contributed by atoms with Crippen molar-refractivity contribution in [3.05, 3.63) is 28.2 Å². The van der Waals surface area contributed by atoms with Crippen molar-refractivity contribution in [2.45, 2.75) is 23.8 Å². The van der Waals surface area contributed by atoms with E-state index in [0.29, 0.717) is 4.47 Å². The third-order valence-corrected chi connectivity index (χ3v) is 6.00. The second-order valence-electron chi connectivity index (χ2n) is 5.04. The van der Waals surface area contributed by atoms with Crippen LogP contribution in [0.5, 0.6) is 0 Å². The normalized spacial score (nSPS) is 17.1. The molecule has 0 spiro atoms. The first-order chi connectivity index (χ1) is 9.82. The number of hydrogen-bond acceptors (Lipinski definition) is 4. The van der Waals surface area contributed by atoms with Gasteiger partial charge < -0.3 is 11.1 Å². The van der Waals surface area contributed by atoms with Crippen LogP contribution < -0.4 is 11.1 Å². The number of sulfonamides is 1. The molecule has 8 heteroatoms. The number of benzene rings is 1. The maximum Gasteiger partial charge on any atom is 0.248 e. The van der Waals surface area contributed by atoms with Crippen LogP contribution >= 0.6 is 15.9 Å². The van der Waals surface area contributed by atoms with Gasteiger partial charge in [-0.25, -0.2) is 8.42 Å². The predicted octanol–water partition coefficient (Wildman–Crippen LogP) is 0.920. The molecule has 21 heavy (non-hydrogen) atoms. The second-order valence-corrected chi connectivity index (χ2v) is 7.96. The van der Waals surface area contributed by atoms with E-state index in [1.165, 1.54) is 22.5 Å². The molecule has 2 rings (SSSR count). The molecule has 1 amide bonds. The van der Waals surface area contributed by atoms with Crippen molar-refractivity contribution in [2.24, 2.45) is 5.73 Å². The highest BCUT2D eigenvalue weighted by Crippen LogP contribution is 2.24. The number of hydrogen-bond donors (Lipinski definition) is 2. The van der Waals surface area contributed by atoms with Gasteiger partial charge in [0.25, 0.3) is 0 Å². The van der Waals surface area contributed by atoms with E-state index in [0.717, 1.165) is 25.9 Å². The van der Waals surface area contributed by atoms with Crippen molar-refractivity contribution in [2.75, 3.05) is 20.1 Å². The van der Waals surface area contributed by atoms with Gasteiger partial charge in [-0.15, -0.1) is 0 Å². The van der Waals surface area contributed by atoms with Gasteiger partial charge in [-0.3, -0.25) is 4.79 Å². The molecule has 0 aromatic heterocycles. The van der Waals surface area contributed by atoms with Gasteiger partial charge in [-0.05, 0) is 44.1 Å². The molecule has 0 unspecified atom stereocenters. The molecule has 0 aliphatic carbocycles. The fourth-order valence-electron chi connectivity index (χ4n) is 2.39. The number of nitrogens with two attached hydrogens (primary N) is 1. The van der Waals surface area contributed by atoms with Gasteiger partial charge in [0, 0.05) is 23.1 Å². The van der Waals surface area contributed by atoms with Crippen molar-refractivity contribution in [1.29, 1.82) is 0 Å². The fraction of sp³-hybridized carbons (Fsp3) is 0.462. The number of carbonyl (C=O) groups excluding carboxylic acids is 1. The number of primary amides is 1.